The Hall–Kier alpha value is -3.04. The fourth-order valence-electron chi connectivity index (χ4n) is 1.68. The Morgan fingerprint density at radius 3 is 2.87 bits per heavy atom. The van der Waals surface area contributed by atoms with Crippen LogP contribution in [0.3, 0.4) is 0 Å². The predicted octanol–water partition coefficient (Wildman–Crippen LogP) is 0.863. The Morgan fingerprint density at radius 2 is 2.22 bits per heavy atom. The van der Waals surface area contributed by atoms with Crippen molar-refractivity contribution in [3.05, 3.63) is 46.5 Å². The first kappa shape index (κ1) is 16.3. The van der Waals surface area contributed by atoms with Crippen molar-refractivity contribution in [3.63, 3.8) is 0 Å². The molecule has 23 heavy (non-hydrogen) atoms. The second kappa shape index (κ2) is 7.29. The molecule has 0 saturated heterocycles. The van der Waals surface area contributed by atoms with E-state index in [2.05, 4.69) is 10.1 Å². The maximum Gasteiger partial charge on any atom is 0.490 e. The Morgan fingerprint density at radius 1 is 1.48 bits per heavy atom. The van der Waals surface area contributed by atoms with Gasteiger partial charge in [-0.25, -0.2) is 4.39 Å². The van der Waals surface area contributed by atoms with Crippen LogP contribution in [-0.4, -0.2) is 50.7 Å². The second-order valence-corrected chi connectivity index (χ2v) is 4.59. The molecule has 0 spiro atoms. The minimum absolute atomic E-state index is 0.111. The summed E-state index contributed by atoms with van der Waals surface area (Å²) in [4.78, 5) is 26.5. The molecule has 0 N–H and O–H groups in total. The van der Waals surface area contributed by atoms with Crippen LogP contribution in [0.25, 0.3) is 0 Å². The van der Waals surface area contributed by atoms with E-state index >= 15 is 0 Å². The van der Waals surface area contributed by atoms with Crippen molar-refractivity contribution in [1.82, 2.24) is 19.7 Å². The average molecular weight is 323 g/mol. The van der Waals surface area contributed by atoms with Gasteiger partial charge in [-0.05, 0) is 17.1 Å². The maximum absolute atomic E-state index is 13.3. The summed E-state index contributed by atoms with van der Waals surface area (Å²) in [6.07, 6.45) is 1.11. The van der Waals surface area contributed by atoms with E-state index in [4.69, 9.17) is 4.74 Å². The lowest BCUT2D eigenvalue weighted by molar-refractivity contribution is -0.394. The number of nitro groups is 1. The first-order chi connectivity index (χ1) is 11.0. The number of carbonyl (C=O) groups excluding carboxylic acids is 1. The van der Waals surface area contributed by atoms with Crippen molar-refractivity contribution in [2.75, 3.05) is 20.2 Å². The third-order valence-corrected chi connectivity index (χ3v) is 2.93. The number of carbonyl (C=O) groups is 1. The van der Waals surface area contributed by atoms with E-state index in [1.54, 1.807) is 19.2 Å². The van der Waals surface area contributed by atoms with Crippen molar-refractivity contribution in [2.45, 2.75) is 6.54 Å². The highest BCUT2D eigenvalue weighted by atomic mass is 19.1. The zero-order valence-corrected chi connectivity index (χ0v) is 12.3. The molecule has 1 amide bonds. The topological polar surface area (TPSA) is 103 Å². The molecular formula is C13H14FN5O4. The summed E-state index contributed by atoms with van der Waals surface area (Å²) in [6.45, 7) is 0.154. The fraction of sp³-hybridized carbons (Fsp3) is 0.308. The summed E-state index contributed by atoms with van der Waals surface area (Å²) in [7, 11) is 1.54. The molecule has 0 fully saturated rings. The number of likely N-dealkylation sites (N-methyl/N-ethyl adjacent to an activating group) is 1. The summed E-state index contributed by atoms with van der Waals surface area (Å²) in [5, 5.41) is 14.0. The summed E-state index contributed by atoms with van der Waals surface area (Å²) >= 11 is 0. The van der Waals surface area contributed by atoms with E-state index in [0.29, 0.717) is 0 Å². The van der Waals surface area contributed by atoms with Gasteiger partial charge in [0.15, 0.2) is 11.6 Å². The number of rotatable bonds is 7. The summed E-state index contributed by atoms with van der Waals surface area (Å²) in [5.74, 6) is -1.26. The molecule has 1 aromatic heterocycles. The van der Waals surface area contributed by atoms with Gasteiger partial charge in [0.2, 0.25) is 12.2 Å². The zero-order chi connectivity index (χ0) is 16.8. The van der Waals surface area contributed by atoms with Gasteiger partial charge in [-0.1, -0.05) is 17.1 Å². The van der Waals surface area contributed by atoms with E-state index in [1.165, 1.54) is 17.0 Å². The van der Waals surface area contributed by atoms with Gasteiger partial charge in [-0.2, -0.15) is 4.68 Å². The molecule has 0 unspecified atom stereocenters. The molecule has 0 aliphatic rings. The van der Waals surface area contributed by atoms with Gasteiger partial charge in [-0.3, -0.25) is 4.79 Å². The number of aromatic nitrogens is 3. The van der Waals surface area contributed by atoms with Crippen molar-refractivity contribution < 1.29 is 18.8 Å². The molecule has 10 heteroatoms. The Bertz CT molecular complexity index is 705. The molecule has 1 aromatic carbocycles. The third-order valence-electron chi connectivity index (χ3n) is 2.93. The normalized spacial score (nSPS) is 10.3. The monoisotopic (exact) mass is 323 g/mol. The maximum atomic E-state index is 13.3. The molecule has 2 aromatic rings. The van der Waals surface area contributed by atoms with Crippen LogP contribution in [-0.2, 0) is 11.3 Å². The molecule has 0 aliphatic heterocycles. The third kappa shape index (κ3) is 4.46. The number of benzene rings is 1. The number of halogens is 1. The molecule has 0 saturated carbocycles. The molecular weight excluding hydrogens is 309 g/mol. The Balaban J connectivity index is 1.80. The molecule has 0 aliphatic carbocycles. The molecule has 0 radical (unpaired) electrons. The van der Waals surface area contributed by atoms with E-state index < -0.39 is 16.7 Å². The smallest absolute Gasteiger partial charge is 0.489 e. The summed E-state index contributed by atoms with van der Waals surface area (Å²) < 4.78 is 19.7. The summed E-state index contributed by atoms with van der Waals surface area (Å²) in [5.41, 5.74) is 0. The zero-order valence-electron chi connectivity index (χ0n) is 12.3. The van der Waals surface area contributed by atoms with E-state index in [1.807, 2.05) is 0 Å². The number of amides is 1. The van der Waals surface area contributed by atoms with Crippen molar-refractivity contribution in [2.24, 2.45) is 0 Å². The quantitative estimate of drug-likeness (QED) is 0.553. The molecule has 1 heterocycles. The Kier molecular flexibility index (Phi) is 5.18. The first-order valence-corrected chi connectivity index (χ1v) is 6.62. The molecule has 2 rings (SSSR count). The highest BCUT2D eigenvalue weighted by Gasteiger charge is 2.17. The molecule has 0 atom stereocenters. The van der Waals surface area contributed by atoms with E-state index in [0.717, 1.165) is 11.0 Å². The van der Waals surface area contributed by atoms with E-state index in [9.17, 15) is 19.3 Å². The SMILES string of the molecule is CN(CCOc1ccccc1F)C(=O)Cn1cnc([N+](=O)[O-])n1. The van der Waals surface area contributed by atoms with Crippen LogP contribution in [0.5, 0.6) is 5.75 Å². The molecule has 0 bridgehead atoms. The predicted molar refractivity (Wildman–Crippen MR) is 76.2 cm³/mol. The highest BCUT2D eigenvalue weighted by molar-refractivity contribution is 5.75. The highest BCUT2D eigenvalue weighted by Crippen LogP contribution is 2.15. The minimum atomic E-state index is -0.743. The van der Waals surface area contributed by atoms with Crippen LogP contribution in [0.1, 0.15) is 0 Å². The van der Waals surface area contributed by atoms with Crippen LogP contribution >= 0.6 is 0 Å². The lowest BCUT2D eigenvalue weighted by Crippen LogP contribution is -2.33. The lowest BCUT2D eigenvalue weighted by Gasteiger charge is -2.16. The van der Waals surface area contributed by atoms with Crippen LogP contribution in [0.15, 0.2) is 30.6 Å². The number of nitrogens with zero attached hydrogens (tertiary/aromatic N) is 5. The number of hydrogen-bond acceptors (Lipinski definition) is 6. The molecule has 122 valence electrons. The van der Waals surface area contributed by atoms with Crippen LogP contribution < -0.4 is 4.74 Å². The van der Waals surface area contributed by atoms with Gasteiger partial charge in [0.05, 0.1) is 6.54 Å². The van der Waals surface area contributed by atoms with Crippen LogP contribution in [0.2, 0.25) is 0 Å². The lowest BCUT2D eigenvalue weighted by atomic mass is 10.3. The van der Waals surface area contributed by atoms with E-state index in [-0.39, 0.29) is 31.4 Å². The summed E-state index contributed by atoms with van der Waals surface area (Å²) in [6, 6.07) is 5.97. The van der Waals surface area contributed by atoms with Gasteiger partial charge in [0.1, 0.15) is 13.2 Å². The van der Waals surface area contributed by atoms with Gasteiger partial charge < -0.3 is 19.8 Å². The van der Waals surface area contributed by atoms with Crippen molar-refractivity contribution >= 4 is 11.9 Å². The van der Waals surface area contributed by atoms with Crippen molar-refractivity contribution in [3.8, 4) is 5.75 Å². The minimum Gasteiger partial charge on any atom is -0.489 e. The second-order valence-electron chi connectivity index (χ2n) is 4.59. The van der Waals surface area contributed by atoms with Crippen molar-refractivity contribution in [1.29, 1.82) is 0 Å². The Labute approximate surface area is 130 Å². The van der Waals surface area contributed by atoms with Crippen LogP contribution in [0, 0.1) is 15.9 Å². The van der Waals surface area contributed by atoms with Gasteiger partial charge in [0, 0.05) is 12.1 Å². The van der Waals surface area contributed by atoms with Gasteiger partial charge >= 0.3 is 5.95 Å². The van der Waals surface area contributed by atoms with Gasteiger partial charge in [-0.15, -0.1) is 0 Å². The number of hydrogen-bond donors (Lipinski definition) is 0. The first-order valence-electron chi connectivity index (χ1n) is 6.62. The number of ether oxygens (including phenoxy) is 1. The van der Waals surface area contributed by atoms with Crippen LogP contribution in [0.4, 0.5) is 10.3 Å². The average Bonchev–Trinajstić information content (AvgIpc) is 2.97. The standard InChI is InChI=1S/C13H14FN5O4/c1-17(6-7-23-11-5-3-2-4-10(11)14)12(20)8-18-9-15-13(16-18)19(21)22/h2-5,9H,6-8H2,1H3. The largest absolute Gasteiger partial charge is 0.490 e. The molecule has 9 nitrogen and oxygen atoms in total. The van der Waals surface area contributed by atoms with Gasteiger partial charge in [0.25, 0.3) is 0 Å². The fourth-order valence-corrected chi connectivity index (χ4v) is 1.68. The number of para-hydroxylation sites is 1.